The Morgan fingerprint density at radius 3 is 2.37 bits per heavy atom. The molecular formula is C21H26N2O4. The number of methoxy groups -OCH3 is 1. The Hall–Kier alpha value is -3.02. The van der Waals surface area contributed by atoms with Crippen LogP contribution in [0.4, 0.5) is 11.4 Å². The molecule has 0 saturated heterocycles. The van der Waals surface area contributed by atoms with E-state index in [1.54, 1.807) is 43.5 Å². The van der Waals surface area contributed by atoms with Crippen LogP contribution in [-0.4, -0.2) is 37.2 Å². The van der Waals surface area contributed by atoms with Crippen molar-refractivity contribution in [1.82, 2.24) is 0 Å². The number of hydrogen-bond acceptors (Lipinski definition) is 4. The molecule has 0 heterocycles. The zero-order valence-electron chi connectivity index (χ0n) is 16.0. The van der Waals surface area contributed by atoms with Crippen LogP contribution < -0.4 is 15.0 Å². The van der Waals surface area contributed by atoms with E-state index in [1.165, 1.54) is 6.07 Å². The first-order valence-corrected chi connectivity index (χ1v) is 9.07. The minimum atomic E-state index is -1.01. The number of aromatic carboxylic acids is 1. The molecule has 0 aliphatic carbocycles. The molecule has 0 aromatic heterocycles. The molecule has 6 nitrogen and oxygen atoms in total. The van der Waals surface area contributed by atoms with Gasteiger partial charge in [-0.15, -0.1) is 0 Å². The van der Waals surface area contributed by atoms with Gasteiger partial charge in [-0.2, -0.15) is 0 Å². The van der Waals surface area contributed by atoms with Crippen LogP contribution in [0, 0.1) is 0 Å². The highest BCUT2D eigenvalue weighted by Crippen LogP contribution is 2.25. The Morgan fingerprint density at radius 1 is 1.11 bits per heavy atom. The summed E-state index contributed by atoms with van der Waals surface area (Å²) in [6.07, 6.45) is 2.03. The van der Waals surface area contributed by atoms with E-state index in [-0.39, 0.29) is 11.5 Å². The number of carboxylic acid groups (broad SMARTS) is 1. The van der Waals surface area contributed by atoms with Crippen molar-refractivity contribution in [3.8, 4) is 5.75 Å². The number of carbonyl (C=O) groups is 2. The molecule has 6 heteroatoms. The van der Waals surface area contributed by atoms with Crippen LogP contribution in [-0.2, 0) is 0 Å². The SMILES string of the molecule is CCCCN(CC)c1ccc(NC(=O)c2ccc(OC)cc2)cc1C(=O)O. The Kier molecular flexibility index (Phi) is 7.23. The van der Waals surface area contributed by atoms with Gasteiger partial charge >= 0.3 is 5.97 Å². The van der Waals surface area contributed by atoms with Crippen LogP contribution in [0.25, 0.3) is 0 Å². The van der Waals surface area contributed by atoms with E-state index in [9.17, 15) is 14.7 Å². The average Bonchev–Trinajstić information content (AvgIpc) is 2.69. The summed E-state index contributed by atoms with van der Waals surface area (Å²) in [5.74, 6) is -0.656. The number of nitrogens with one attached hydrogen (secondary N) is 1. The van der Waals surface area contributed by atoms with Crippen molar-refractivity contribution in [2.45, 2.75) is 26.7 Å². The summed E-state index contributed by atoms with van der Waals surface area (Å²) in [7, 11) is 1.56. The fraction of sp³-hybridized carbons (Fsp3) is 0.333. The van der Waals surface area contributed by atoms with Crippen LogP contribution in [0.15, 0.2) is 42.5 Å². The highest BCUT2D eigenvalue weighted by atomic mass is 16.5. The number of benzene rings is 2. The van der Waals surface area contributed by atoms with Crippen molar-refractivity contribution in [2.24, 2.45) is 0 Å². The second-order valence-corrected chi connectivity index (χ2v) is 6.15. The molecule has 0 saturated carbocycles. The number of ether oxygens (including phenoxy) is 1. The van der Waals surface area contributed by atoms with Gasteiger partial charge in [0.05, 0.1) is 18.4 Å². The number of rotatable bonds is 9. The fourth-order valence-corrected chi connectivity index (χ4v) is 2.80. The first-order valence-electron chi connectivity index (χ1n) is 9.07. The van der Waals surface area contributed by atoms with E-state index in [0.29, 0.717) is 22.7 Å². The summed E-state index contributed by atoms with van der Waals surface area (Å²) in [6.45, 7) is 5.62. The number of carbonyl (C=O) groups excluding carboxylic acids is 1. The molecule has 0 aliphatic rings. The van der Waals surface area contributed by atoms with E-state index in [1.807, 2.05) is 11.8 Å². The van der Waals surface area contributed by atoms with Gasteiger partial charge < -0.3 is 20.1 Å². The van der Waals surface area contributed by atoms with E-state index in [2.05, 4.69) is 12.2 Å². The lowest BCUT2D eigenvalue weighted by Crippen LogP contribution is -2.26. The van der Waals surface area contributed by atoms with Crippen LogP contribution in [0.5, 0.6) is 5.75 Å². The molecule has 0 radical (unpaired) electrons. The van der Waals surface area contributed by atoms with Gasteiger partial charge in [-0.05, 0) is 55.8 Å². The molecule has 2 rings (SSSR count). The van der Waals surface area contributed by atoms with Crippen molar-refractivity contribution in [2.75, 3.05) is 30.4 Å². The fourth-order valence-electron chi connectivity index (χ4n) is 2.80. The summed E-state index contributed by atoms with van der Waals surface area (Å²) in [6, 6.07) is 11.7. The van der Waals surface area contributed by atoms with Crippen molar-refractivity contribution >= 4 is 23.3 Å². The third-order valence-corrected chi connectivity index (χ3v) is 4.34. The van der Waals surface area contributed by atoms with Crippen LogP contribution >= 0.6 is 0 Å². The summed E-state index contributed by atoms with van der Waals surface area (Å²) in [5, 5.41) is 12.4. The quantitative estimate of drug-likeness (QED) is 0.689. The van der Waals surface area contributed by atoms with Gasteiger partial charge in [-0.3, -0.25) is 4.79 Å². The predicted octanol–water partition coefficient (Wildman–Crippen LogP) is 4.27. The molecule has 1 amide bonds. The molecular weight excluding hydrogens is 344 g/mol. The van der Waals surface area contributed by atoms with Gasteiger partial charge in [0.2, 0.25) is 0 Å². The molecule has 27 heavy (non-hydrogen) atoms. The van der Waals surface area contributed by atoms with Crippen molar-refractivity contribution in [3.63, 3.8) is 0 Å². The Morgan fingerprint density at radius 2 is 1.81 bits per heavy atom. The lowest BCUT2D eigenvalue weighted by atomic mass is 10.1. The number of nitrogens with zero attached hydrogens (tertiary/aromatic N) is 1. The van der Waals surface area contributed by atoms with Crippen LogP contribution in [0.1, 0.15) is 47.4 Å². The third-order valence-electron chi connectivity index (χ3n) is 4.34. The van der Waals surface area contributed by atoms with Gasteiger partial charge in [0.25, 0.3) is 5.91 Å². The Labute approximate surface area is 159 Å². The van der Waals surface area contributed by atoms with Gasteiger partial charge in [0.15, 0.2) is 0 Å². The smallest absolute Gasteiger partial charge is 0.337 e. The third kappa shape index (κ3) is 5.23. The molecule has 0 aliphatic heterocycles. The molecule has 0 unspecified atom stereocenters. The molecule has 0 atom stereocenters. The van der Waals surface area contributed by atoms with Crippen molar-refractivity contribution < 1.29 is 19.4 Å². The zero-order chi connectivity index (χ0) is 19.8. The molecule has 2 N–H and O–H groups in total. The van der Waals surface area contributed by atoms with Gasteiger partial charge in [-0.25, -0.2) is 4.79 Å². The molecule has 2 aromatic rings. The van der Waals surface area contributed by atoms with Crippen molar-refractivity contribution in [3.05, 3.63) is 53.6 Å². The highest BCUT2D eigenvalue weighted by Gasteiger charge is 2.17. The second kappa shape index (κ2) is 9.62. The van der Waals surface area contributed by atoms with Crippen LogP contribution in [0.3, 0.4) is 0 Å². The molecule has 2 aromatic carbocycles. The predicted molar refractivity (Wildman–Crippen MR) is 107 cm³/mol. The zero-order valence-corrected chi connectivity index (χ0v) is 16.0. The highest BCUT2D eigenvalue weighted by molar-refractivity contribution is 6.05. The Bertz CT molecular complexity index is 787. The van der Waals surface area contributed by atoms with E-state index in [4.69, 9.17) is 4.74 Å². The standard InChI is InChI=1S/C21H26N2O4/c1-4-6-13-23(5-2)19-12-9-16(14-18(19)21(25)26)22-20(24)15-7-10-17(27-3)11-8-15/h7-12,14H,4-6,13H2,1-3H3,(H,22,24)(H,25,26). The molecule has 0 fully saturated rings. The minimum Gasteiger partial charge on any atom is -0.497 e. The van der Waals surface area contributed by atoms with E-state index >= 15 is 0 Å². The maximum atomic E-state index is 12.4. The monoisotopic (exact) mass is 370 g/mol. The van der Waals surface area contributed by atoms with E-state index < -0.39 is 5.97 Å². The molecule has 0 spiro atoms. The molecule has 144 valence electrons. The number of amides is 1. The summed E-state index contributed by atoms with van der Waals surface area (Å²) >= 11 is 0. The van der Waals surface area contributed by atoms with Crippen LogP contribution in [0.2, 0.25) is 0 Å². The normalized spacial score (nSPS) is 10.3. The first-order chi connectivity index (χ1) is 13.0. The van der Waals surface area contributed by atoms with Gasteiger partial charge in [0.1, 0.15) is 5.75 Å². The maximum Gasteiger partial charge on any atom is 0.337 e. The summed E-state index contributed by atoms with van der Waals surface area (Å²) in [5.41, 5.74) is 1.76. The lowest BCUT2D eigenvalue weighted by molar-refractivity contribution is 0.0697. The number of hydrogen-bond donors (Lipinski definition) is 2. The average molecular weight is 370 g/mol. The van der Waals surface area contributed by atoms with Crippen molar-refractivity contribution in [1.29, 1.82) is 0 Å². The number of unbranched alkanes of at least 4 members (excludes halogenated alkanes) is 1. The Balaban J connectivity index is 2.23. The number of anilines is 2. The number of carboxylic acids is 1. The van der Waals surface area contributed by atoms with Gasteiger partial charge in [-0.1, -0.05) is 13.3 Å². The minimum absolute atomic E-state index is 0.181. The lowest BCUT2D eigenvalue weighted by Gasteiger charge is -2.25. The topological polar surface area (TPSA) is 78.9 Å². The first kappa shape index (κ1) is 20.3. The van der Waals surface area contributed by atoms with E-state index in [0.717, 1.165) is 25.9 Å². The largest absolute Gasteiger partial charge is 0.497 e. The maximum absolute atomic E-state index is 12.4. The second-order valence-electron chi connectivity index (χ2n) is 6.15. The molecule has 0 bridgehead atoms. The summed E-state index contributed by atoms with van der Waals surface area (Å²) < 4.78 is 5.08. The van der Waals surface area contributed by atoms with Gasteiger partial charge in [0, 0.05) is 24.3 Å². The summed E-state index contributed by atoms with van der Waals surface area (Å²) in [4.78, 5) is 26.2.